The molecule has 116 valence electrons. The Hall–Kier alpha value is -1.69. The van der Waals surface area contributed by atoms with Gasteiger partial charge in [-0.05, 0) is 25.0 Å². The van der Waals surface area contributed by atoms with E-state index in [0.717, 1.165) is 28.6 Å². The summed E-state index contributed by atoms with van der Waals surface area (Å²) < 4.78 is 0.875. The second-order valence-electron chi connectivity index (χ2n) is 5.89. The van der Waals surface area contributed by atoms with Crippen molar-refractivity contribution < 1.29 is 14.4 Å². The smallest absolute Gasteiger partial charge is 0.323 e. The number of nitrogens with zero attached hydrogens (tertiary/aromatic N) is 1. The largest absolute Gasteiger partial charge is 0.325 e. The molecule has 1 aliphatic heterocycles. The Kier molecular flexibility index (Phi) is 4.04. The van der Waals surface area contributed by atoms with Crippen LogP contribution >= 0.6 is 15.9 Å². The number of rotatable bonds is 3. The number of hydrogen-bond acceptors (Lipinski definition) is 3. The standard InChI is InChI=1S/C16H17BrN2O3/c17-12-6-4-11(5-7-12)13(20)10-19-14(21)16(18-15(19)22)8-2-1-3-9-16/h4-7H,1-3,8-10H2,(H,18,22). The van der Waals surface area contributed by atoms with Crippen LogP contribution in [0, 0.1) is 0 Å². The maximum absolute atomic E-state index is 12.6. The minimum atomic E-state index is -0.769. The Morgan fingerprint density at radius 2 is 1.77 bits per heavy atom. The van der Waals surface area contributed by atoms with Crippen LogP contribution in [-0.4, -0.2) is 34.7 Å². The summed E-state index contributed by atoms with van der Waals surface area (Å²) >= 11 is 3.31. The van der Waals surface area contributed by atoms with Crippen LogP contribution in [0.2, 0.25) is 0 Å². The number of halogens is 1. The van der Waals surface area contributed by atoms with E-state index in [1.165, 1.54) is 0 Å². The average molecular weight is 365 g/mol. The lowest BCUT2D eigenvalue weighted by molar-refractivity contribution is -0.132. The van der Waals surface area contributed by atoms with E-state index in [9.17, 15) is 14.4 Å². The maximum Gasteiger partial charge on any atom is 0.325 e. The molecule has 3 rings (SSSR count). The van der Waals surface area contributed by atoms with Crippen molar-refractivity contribution in [3.8, 4) is 0 Å². The molecule has 0 radical (unpaired) electrons. The van der Waals surface area contributed by atoms with E-state index in [1.807, 2.05) is 0 Å². The summed E-state index contributed by atoms with van der Waals surface area (Å²) in [5.74, 6) is -0.480. The molecule has 0 unspecified atom stereocenters. The highest BCUT2D eigenvalue weighted by atomic mass is 79.9. The molecule has 1 aliphatic carbocycles. The minimum Gasteiger partial charge on any atom is -0.323 e. The van der Waals surface area contributed by atoms with Gasteiger partial charge in [0.1, 0.15) is 5.54 Å². The zero-order valence-corrected chi connectivity index (χ0v) is 13.7. The van der Waals surface area contributed by atoms with Crippen molar-refractivity contribution in [3.05, 3.63) is 34.3 Å². The summed E-state index contributed by atoms with van der Waals surface area (Å²) in [5.41, 5.74) is -0.275. The van der Waals surface area contributed by atoms with Gasteiger partial charge in [-0.2, -0.15) is 0 Å². The predicted molar refractivity (Wildman–Crippen MR) is 84.5 cm³/mol. The lowest BCUT2D eigenvalue weighted by Crippen LogP contribution is -2.48. The normalized spacial score (nSPS) is 20.3. The monoisotopic (exact) mass is 364 g/mol. The predicted octanol–water partition coefficient (Wildman–Crippen LogP) is 2.89. The number of hydrogen-bond donors (Lipinski definition) is 1. The topological polar surface area (TPSA) is 66.5 Å². The number of Topliss-reactive ketones (excluding diaryl/α,β-unsaturated/α-hetero) is 1. The number of urea groups is 1. The van der Waals surface area contributed by atoms with E-state index in [-0.39, 0.29) is 18.2 Å². The van der Waals surface area contributed by atoms with Crippen LogP contribution in [0.3, 0.4) is 0 Å². The van der Waals surface area contributed by atoms with Crippen LogP contribution in [0.15, 0.2) is 28.7 Å². The first-order chi connectivity index (χ1) is 10.5. The first kappa shape index (κ1) is 15.2. The lowest BCUT2D eigenvalue weighted by atomic mass is 9.82. The number of amides is 3. The summed E-state index contributed by atoms with van der Waals surface area (Å²) in [6, 6.07) is 6.45. The SMILES string of the molecule is O=C(CN1C(=O)NC2(CCCCC2)C1=O)c1ccc(Br)cc1. The van der Waals surface area contributed by atoms with Gasteiger partial charge < -0.3 is 5.32 Å². The van der Waals surface area contributed by atoms with Gasteiger partial charge in [-0.15, -0.1) is 0 Å². The molecule has 1 N–H and O–H groups in total. The van der Waals surface area contributed by atoms with Gasteiger partial charge in [0.15, 0.2) is 5.78 Å². The van der Waals surface area contributed by atoms with Crippen LogP contribution in [0.4, 0.5) is 4.79 Å². The molecule has 1 saturated heterocycles. The zero-order chi connectivity index (χ0) is 15.7. The van der Waals surface area contributed by atoms with Gasteiger partial charge in [-0.1, -0.05) is 47.3 Å². The Morgan fingerprint density at radius 1 is 1.14 bits per heavy atom. The van der Waals surface area contributed by atoms with Crippen LogP contribution in [0.5, 0.6) is 0 Å². The van der Waals surface area contributed by atoms with E-state index in [1.54, 1.807) is 24.3 Å². The molecule has 1 saturated carbocycles. The van der Waals surface area contributed by atoms with E-state index in [2.05, 4.69) is 21.2 Å². The lowest BCUT2D eigenvalue weighted by Gasteiger charge is -2.30. The first-order valence-corrected chi connectivity index (χ1v) is 8.24. The van der Waals surface area contributed by atoms with E-state index in [4.69, 9.17) is 0 Å². The molecular weight excluding hydrogens is 348 g/mol. The third-order valence-electron chi connectivity index (χ3n) is 4.42. The highest BCUT2D eigenvalue weighted by Crippen LogP contribution is 2.33. The number of carbonyl (C=O) groups excluding carboxylic acids is 3. The number of benzene rings is 1. The molecule has 2 aliphatic rings. The van der Waals surface area contributed by atoms with E-state index in [0.29, 0.717) is 18.4 Å². The fraction of sp³-hybridized carbons (Fsp3) is 0.438. The molecule has 5 nitrogen and oxygen atoms in total. The summed E-state index contributed by atoms with van der Waals surface area (Å²) in [5, 5.41) is 2.81. The molecule has 1 aromatic carbocycles. The Labute approximate surface area is 137 Å². The molecule has 6 heteroatoms. The summed E-state index contributed by atoms with van der Waals surface area (Å²) in [6.45, 7) is -0.200. The molecular formula is C16H17BrN2O3. The second kappa shape index (κ2) is 5.83. The highest BCUT2D eigenvalue weighted by molar-refractivity contribution is 9.10. The second-order valence-corrected chi connectivity index (χ2v) is 6.81. The molecule has 22 heavy (non-hydrogen) atoms. The van der Waals surface area contributed by atoms with Crippen molar-refractivity contribution in [2.45, 2.75) is 37.6 Å². The van der Waals surface area contributed by atoms with Crippen LogP contribution < -0.4 is 5.32 Å². The number of nitrogens with one attached hydrogen (secondary N) is 1. The Morgan fingerprint density at radius 3 is 2.41 bits per heavy atom. The van der Waals surface area contributed by atoms with Crippen molar-refractivity contribution in [1.29, 1.82) is 0 Å². The number of carbonyl (C=O) groups is 3. The van der Waals surface area contributed by atoms with Crippen LogP contribution in [0.1, 0.15) is 42.5 Å². The fourth-order valence-electron chi connectivity index (χ4n) is 3.18. The molecule has 0 bridgehead atoms. The molecule has 1 spiro atoms. The maximum atomic E-state index is 12.6. The van der Waals surface area contributed by atoms with Gasteiger partial charge in [0.05, 0.1) is 6.54 Å². The highest BCUT2D eigenvalue weighted by Gasteiger charge is 2.51. The van der Waals surface area contributed by atoms with Crippen molar-refractivity contribution in [2.75, 3.05) is 6.54 Å². The van der Waals surface area contributed by atoms with Crippen molar-refractivity contribution >= 4 is 33.7 Å². The van der Waals surface area contributed by atoms with Crippen LogP contribution in [-0.2, 0) is 4.79 Å². The van der Waals surface area contributed by atoms with Gasteiger partial charge in [0.2, 0.25) is 0 Å². The zero-order valence-electron chi connectivity index (χ0n) is 12.1. The summed E-state index contributed by atoms with van der Waals surface area (Å²) in [4.78, 5) is 38.1. The van der Waals surface area contributed by atoms with Crippen molar-refractivity contribution in [3.63, 3.8) is 0 Å². The molecule has 1 aromatic rings. The molecule has 3 amide bonds. The van der Waals surface area contributed by atoms with Crippen LogP contribution in [0.25, 0.3) is 0 Å². The van der Waals surface area contributed by atoms with E-state index < -0.39 is 11.6 Å². The first-order valence-electron chi connectivity index (χ1n) is 7.45. The average Bonchev–Trinajstić information content (AvgIpc) is 2.73. The summed E-state index contributed by atoms with van der Waals surface area (Å²) in [7, 11) is 0. The van der Waals surface area contributed by atoms with Gasteiger partial charge in [-0.3, -0.25) is 14.5 Å². The number of ketones is 1. The fourth-order valence-corrected chi connectivity index (χ4v) is 3.45. The molecule has 1 heterocycles. The Balaban J connectivity index is 1.74. The Bertz CT molecular complexity index is 621. The number of imide groups is 1. The van der Waals surface area contributed by atoms with Crippen molar-refractivity contribution in [1.82, 2.24) is 10.2 Å². The van der Waals surface area contributed by atoms with E-state index >= 15 is 0 Å². The third kappa shape index (κ3) is 2.67. The summed E-state index contributed by atoms with van der Waals surface area (Å²) in [6.07, 6.45) is 4.28. The quantitative estimate of drug-likeness (QED) is 0.662. The molecule has 0 atom stereocenters. The minimum absolute atomic E-state index is 0.200. The van der Waals surface area contributed by atoms with Gasteiger partial charge in [-0.25, -0.2) is 4.79 Å². The van der Waals surface area contributed by atoms with Gasteiger partial charge in [0.25, 0.3) is 5.91 Å². The van der Waals surface area contributed by atoms with Gasteiger partial charge >= 0.3 is 6.03 Å². The molecule has 0 aromatic heterocycles. The van der Waals surface area contributed by atoms with Gasteiger partial charge in [0, 0.05) is 10.0 Å². The third-order valence-corrected chi connectivity index (χ3v) is 4.95. The van der Waals surface area contributed by atoms with Crippen molar-refractivity contribution in [2.24, 2.45) is 0 Å². The molecule has 2 fully saturated rings.